The third-order valence-corrected chi connectivity index (χ3v) is 5.91. The third kappa shape index (κ3) is 5.44. The molecule has 166 valence electrons. The van der Waals surface area contributed by atoms with Gasteiger partial charge < -0.3 is 9.47 Å². The minimum Gasteiger partial charge on any atom is -0.481 e. The molecule has 2 unspecified atom stereocenters. The van der Waals surface area contributed by atoms with Crippen LogP contribution in [-0.2, 0) is 4.74 Å². The molecular weight excluding hydrogens is 438 g/mol. The first kappa shape index (κ1) is 23.2. The molecular formula is C20H26ClN7O2S. The van der Waals surface area contributed by atoms with Gasteiger partial charge in [-0.15, -0.1) is 10.2 Å². The van der Waals surface area contributed by atoms with Gasteiger partial charge in [0, 0.05) is 31.6 Å². The largest absolute Gasteiger partial charge is 0.481 e. The van der Waals surface area contributed by atoms with Gasteiger partial charge in [-0.2, -0.15) is 0 Å². The van der Waals surface area contributed by atoms with E-state index >= 15 is 0 Å². The molecule has 31 heavy (non-hydrogen) atoms. The normalized spacial score (nSPS) is 14.1. The van der Waals surface area contributed by atoms with E-state index in [9.17, 15) is 0 Å². The summed E-state index contributed by atoms with van der Waals surface area (Å²) in [5.41, 5.74) is 0.697. The standard InChI is InChI=1S/C20H26ClN7O2S/c1-6-12(2)28-19(15-8-7-9-16(24-15)29-4)25-26-20(28)27-31-13(3)17(30-5)18-22-10-14(21)11-23-18/h7-13,17H,6H2,1-5H3,(H,26,27)/t12-,13?,17?/m1/s1. The summed E-state index contributed by atoms with van der Waals surface area (Å²) >= 11 is 7.36. The molecule has 0 aliphatic rings. The molecule has 0 spiro atoms. The van der Waals surface area contributed by atoms with E-state index in [0.29, 0.717) is 34.2 Å². The molecule has 9 nitrogen and oxygen atoms in total. The van der Waals surface area contributed by atoms with Crippen molar-refractivity contribution < 1.29 is 9.47 Å². The van der Waals surface area contributed by atoms with Crippen molar-refractivity contribution in [1.82, 2.24) is 29.7 Å². The Bertz CT molecular complexity index is 986. The maximum Gasteiger partial charge on any atom is 0.235 e. The molecule has 0 fully saturated rings. The van der Waals surface area contributed by atoms with Gasteiger partial charge in [-0.1, -0.05) is 24.6 Å². The lowest BCUT2D eigenvalue weighted by Crippen LogP contribution is -2.19. The van der Waals surface area contributed by atoms with Crippen LogP contribution in [0, 0.1) is 0 Å². The zero-order valence-corrected chi connectivity index (χ0v) is 19.7. The number of pyridine rings is 1. The van der Waals surface area contributed by atoms with Gasteiger partial charge in [0.1, 0.15) is 11.8 Å². The number of aromatic nitrogens is 6. The summed E-state index contributed by atoms with van der Waals surface area (Å²) in [6.45, 7) is 6.26. The first-order chi connectivity index (χ1) is 15.0. The number of hydrogen-bond acceptors (Lipinski definition) is 9. The summed E-state index contributed by atoms with van der Waals surface area (Å²) in [6, 6.07) is 5.74. The average Bonchev–Trinajstić information content (AvgIpc) is 3.23. The fraction of sp³-hybridized carbons (Fsp3) is 0.450. The Morgan fingerprint density at radius 1 is 1.16 bits per heavy atom. The van der Waals surface area contributed by atoms with Crippen LogP contribution in [-0.4, -0.2) is 49.2 Å². The van der Waals surface area contributed by atoms with E-state index in [2.05, 4.69) is 43.7 Å². The topological polar surface area (TPSA) is 99.9 Å². The van der Waals surface area contributed by atoms with Crippen molar-refractivity contribution in [3.8, 4) is 17.4 Å². The van der Waals surface area contributed by atoms with Gasteiger partial charge in [0.15, 0.2) is 11.6 Å². The van der Waals surface area contributed by atoms with Crippen LogP contribution in [0.2, 0.25) is 5.02 Å². The van der Waals surface area contributed by atoms with E-state index in [1.54, 1.807) is 32.7 Å². The van der Waals surface area contributed by atoms with Crippen LogP contribution < -0.4 is 9.46 Å². The summed E-state index contributed by atoms with van der Waals surface area (Å²) < 4.78 is 16.3. The second-order valence-electron chi connectivity index (χ2n) is 6.88. The van der Waals surface area contributed by atoms with Gasteiger partial charge in [0.25, 0.3) is 0 Å². The van der Waals surface area contributed by atoms with Crippen LogP contribution in [0.25, 0.3) is 11.5 Å². The molecule has 3 rings (SSSR count). The van der Waals surface area contributed by atoms with Crippen LogP contribution in [0.1, 0.15) is 45.2 Å². The van der Waals surface area contributed by atoms with Crippen LogP contribution in [0.5, 0.6) is 5.88 Å². The van der Waals surface area contributed by atoms with Crippen molar-refractivity contribution in [2.24, 2.45) is 0 Å². The molecule has 0 aliphatic carbocycles. The van der Waals surface area contributed by atoms with Gasteiger partial charge in [-0.05, 0) is 38.3 Å². The molecule has 0 amide bonds. The van der Waals surface area contributed by atoms with E-state index in [1.807, 2.05) is 23.6 Å². The van der Waals surface area contributed by atoms with E-state index in [4.69, 9.17) is 21.1 Å². The Labute approximate surface area is 191 Å². The molecule has 3 aromatic heterocycles. The second kappa shape index (κ2) is 10.7. The van der Waals surface area contributed by atoms with Crippen molar-refractivity contribution in [3.05, 3.63) is 41.4 Å². The summed E-state index contributed by atoms with van der Waals surface area (Å²) in [7, 11) is 3.22. The lowest BCUT2D eigenvalue weighted by atomic mass is 10.2. The van der Waals surface area contributed by atoms with Crippen molar-refractivity contribution in [2.75, 3.05) is 18.9 Å². The molecule has 0 aliphatic heterocycles. The quantitative estimate of drug-likeness (QED) is 0.432. The van der Waals surface area contributed by atoms with E-state index in [1.165, 1.54) is 11.9 Å². The summed E-state index contributed by atoms with van der Waals surface area (Å²) in [4.78, 5) is 13.1. The highest BCUT2D eigenvalue weighted by Gasteiger charge is 2.25. The highest BCUT2D eigenvalue weighted by Crippen LogP contribution is 2.31. The van der Waals surface area contributed by atoms with Crippen LogP contribution in [0.4, 0.5) is 5.95 Å². The smallest absolute Gasteiger partial charge is 0.235 e. The number of ether oxygens (including phenoxy) is 2. The molecule has 3 atom stereocenters. The predicted molar refractivity (Wildman–Crippen MR) is 122 cm³/mol. The summed E-state index contributed by atoms with van der Waals surface area (Å²) in [5.74, 6) is 2.41. The number of rotatable bonds is 10. The third-order valence-electron chi connectivity index (χ3n) is 4.80. The van der Waals surface area contributed by atoms with Gasteiger partial charge >= 0.3 is 0 Å². The number of nitrogens with zero attached hydrogens (tertiary/aromatic N) is 6. The zero-order chi connectivity index (χ0) is 22.4. The van der Waals surface area contributed by atoms with E-state index < -0.39 is 0 Å². The molecule has 3 aromatic rings. The van der Waals surface area contributed by atoms with Crippen LogP contribution in [0.3, 0.4) is 0 Å². The maximum atomic E-state index is 5.90. The highest BCUT2D eigenvalue weighted by molar-refractivity contribution is 8.01. The van der Waals surface area contributed by atoms with E-state index in [-0.39, 0.29) is 17.4 Å². The number of anilines is 1. The van der Waals surface area contributed by atoms with Crippen molar-refractivity contribution in [1.29, 1.82) is 0 Å². The Balaban J connectivity index is 1.82. The van der Waals surface area contributed by atoms with Crippen LogP contribution >= 0.6 is 23.5 Å². The van der Waals surface area contributed by atoms with Gasteiger partial charge in [0.05, 0.1) is 17.4 Å². The Hall–Kier alpha value is -2.43. The lowest BCUT2D eigenvalue weighted by molar-refractivity contribution is 0.0972. The van der Waals surface area contributed by atoms with Crippen molar-refractivity contribution in [2.45, 2.75) is 44.6 Å². The average molecular weight is 464 g/mol. The Kier molecular flexibility index (Phi) is 8.05. The molecule has 0 bridgehead atoms. The minimum absolute atomic E-state index is 0.0216. The molecule has 3 heterocycles. The molecule has 11 heteroatoms. The number of nitrogens with one attached hydrogen (secondary N) is 1. The molecule has 0 radical (unpaired) electrons. The van der Waals surface area contributed by atoms with E-state index in [0.717, 1.165) is 6.42 Å². The first-order valence-electron chi connectivity index (χ1n) is 9.86. The zero-order valence-electron chi connectivity index (χ0n) is 18.1. The van der Waals surface area contributed by atoms with Crippen molar-refractivity contribution >= 4 is 29.5 Å². The molecule has 0 aromatic carbocycles. The van der Waals surface area contributed by atoms with Gasteiger partial charge in [-0.25, -0.2) is 15.0 Å². The van der Waals surface area contributed by atoms with Gasteiger partial charge in [-0.3, -0.25) is 9.29 Å². The second-order valence-corrected chi connectivity index (χ2v) is 8.50. The highest BCUT2D eigenvalue weighted by atomic mass is 35.5. The SMILES string of the molecule is CC[C@@H](C)n1c(NSC(C)C(OC)c2ncc(Cl)cn2)nnc1-c1cccc(OC)n1. The molecule has 1 N–H and O–H groups in total. The first-order valence-corrected chi connectivity index (χ1v) is 11.1. The van der Waals surface area contributed by atoms with Gasteiger partial charge in [0.2, 0.25) is 11.8 Å². The number of hydrogen-bond donors (Lipinski definition) is 1. The molecule has 0 saturated heterocycles. The van der Waals surface area contributed by atoms with Crippen LogP contribution in [0.15, 0.2) is 30.6 Å². The number of methoxy groups -OCH3 is 2. The Morgan fingerprint density at radius 3 is 2.55 bits per heavy atom. The lowest BCUT2D eigenvalue weighted by Gasteiger charge is -2.22. The fourth-order valence-corrected chi connectivity index (χ4v) is 3.86. The fourth-order valence-electron chi connectivity index (χ4n) is 2.97. The molecule has 0 saturated carbocycles. The monoisotopic (exact) mass is 463 g/mol. The summed E-state index contributed by atoms with van der Waals surface area (Å²) in [5, 5.41) is 9.22. The maximum absolute atomic E-state index is 5.90. The minimum atomic E-state index is -0.325. The summed E-state index contributed by atoms with van der Waals surface area (Å²) in [6.07, 6.45) is 3.71. The van der Waals surface area contributed by atoms with Crippen molar-refractivity contribution in [3.63, 3.8) is 0 Å². The Morgan fingerprint density at radius 2 is 1.90 bits per heavy atom. The predicted octanol–water partition coefficient (Wildman–Crippen LogP) is 4.60. The number of halogens is 1.